The summed E-state index contributed by atoms with van der Waals surface area (Å²) in [5.41, 5.74) is 10.3. The number of nitrogens with two attached hydrogens (primary N) is 2. The first-order valence-corrected chi connectivity index (χ1v) is 20.7. The van der Waals surface area contributed by atoms with E-state index in [2.05, 4.69) is 47.6 Å². The van der Waals surface area contributed by atoms with Crippen LogP contribution in [0, 0.1) is 0 Å². The minimum Gasteiger partial charge on any atom is -0.387 e. The van der Waals surface area contributed by atoms with Gasteiger partial charge in [0.2, 0.25) is 5.95 Å². The van der Waals surface area contributed by atoms with E-state index in [-0.39, 0.29) is 34.1 Å². The topological polar surface area (TPSA) is 457 Å². The molecule has 4 aromatic rings. The monoisotopic (exact) mass is 851 g/mol. The fraction of sp³-hybridized carbons (Fsp3) is 0.500. The Bertz CT molecular complexity index is 2310. The quantitative estimate of drug-likeness (QED) is 0.0546. The maximum absolute atomic E-state index is 12.5. The molecular formula is C20H29N11O19P4. The predicted octanol–water partition coefficient (Wildman–Crippen LogP) is -3.58. The second-order valence-corrected chi connectivity index (χ2v) is 17.9. The fourth-order valence-corrected chi connectivity index (χ4v) is 10.7. The molecule has 0 saturated carbocycles. The second-order valence-electron chi connectivity index (χ2n) is 11.3. The van der Waals surface area contributed by atoms with Gasteiger partial charge in [0.15, 0.2) is 35.1 Å². The minimum absolute atomic E-state index is 0.0149. The summed E-state index contributed by atoms with van der Waals surface area (Å²) < 4.78 is 80.0. The number of aliphatic hydroxyl groups is 4. The molecule has 0 aromatic carbocycles. The SMILES string of the molecule is Nc1nc2c(ncn2[C@@H]2O[C@H](COP(=O)(O)OP(=O)(O)NP(=O)(O)OP(=O)(O)OC[C@H]3O[C@@H](n4cnc5c(N)ncnc54)[C@H](O)[C@@H]3O)[C@@H](O)[C@H]2O)c(=O)[nH]1. The third-order valence-corrected chi connectivity index (χ3v) is 13.9. The van der Waals surface area contributed by atoms with Crippen LogP contribution in [0.1, 0.15) is 12.5 Å². The highest BCUT2D eigenvalue weighted by atomic mass is 31.3. The second kappa shape index (κ2) is 14.7. The molecule has 0 aliphatic carbocycles. The molecule has 34 heteroatoms. The Balaban J connectivity index is 1.02. The van der Waals surface area contributed by atoms with Crippen molar-refractivity contribution in [2.45, 2.75) is 49.1 Å². The van der Waals surface area contributed by atoms with Gasteiger partial charge in [-0.05, 0) is 0 Å². The van der Waals surface area contributed by atoms with Gasteiger partial charge in [-0.15, -0.1) is 4.86 Å². The Morgan fingerprint density at radius 2 is 1.22 bits per heavy atom. The number of imidazole rings is 2. The molecule has 0 radical (unpaired) electrons. The number of hydrogen-bond donors (Lipinski definition) is 12. The van der Waals surface area contributed by atoms with E-state index < -0.39 is 99.0 Å². The summed E-state index contributed by atoms with van der Waals surface area (Å²) in [7, 11) is -23.4. The van der Waals surface area contributed by atoms with Crippen LogP contribution < -0.4 is 21.9 Å². The average Bonchev–Trinajstić information content (AvgIpc) is 3.79. The summed E-state index contributed by atoms with van der Waals surface area (Å²) >= 11 is 0. The normalized spacial score (nSPS) is 30.6. The Morgan fingerprint density at radius 1 is 0.741 bits per heavy atom. The molecule has 6 heterocycles. The van der Waals surface area contributed by atoms with Crippen molar-refractivity contribution in [2.75, 3.05) is 24.7 Å². The summed E-state index contributed by atoms with van der Waals surface area (Å²) in [4.78, 5) is 74.4. The van der Waals surface area contributed by atoms with Gasteiger partial charge in [-0.1, -0.05) is 0 Å². The molecule has 2 aliphatic rings. The van der Waals surface area contributed by atoms with Crippen molar-refractivity contribution in [2.24, 2.45) is 0 Å². The van der Waals surface area contributed by atoms with Crippen LogP contribution in [0.4, 0.5) is 11.8 Å². The van der Waals surface area contributed by atoms with Gasteiger partial charge < -0.3 is 60.9 Å². The molecule has 2 saturated heterocycles. The Hall–Kier alpha value is -3.18. The summed E-state index contributed by atoms with van der Waals surface area (Å²) in [6, 6.07) is 0. The largest absolute Gasteiger partial charge is 0.480 e. The van der Waals surface area contributed by atoms with Crippen LogP contribution in [0.15, 0.2) is 23.8 Å². The van der Waals surface area contributed by atoms with E-state index in [1.165, 1.54) is 0 Å². The molecule has 30 nitrogen and oxygen atoms in total. The molecule has 12 atom stereocenters. The average molecular weight is 851 g/mol. The van der Waals surface area contributed by atoms with Crippen LogP contribution in [0.5, 0.6) is 0 Å². The molecule has 14 N–H and O–H groups in total. The Labute approximate surface area is 297 Å². The number of anilines is 2. The first-order valence-electron chi connectivity index (χ1n) is 14.6. The lowest BCUT2D eigenvalue weighted by atomic mass is 10.1. The molecule has 298 valence electrons. The molecule has 54 heavy (non-hydrogen) atoms. The van der Waals surface area contributed by atoms with Gasteiger partial charge in [0, 0.05) is 0 Å². The molecule has 4 aromatic heterocycles. The fourth-order valence-electron chi connectivity index (χ4n) is 5.24. The zero-order valence-electron chi connectivity index (χ0n) is 26.4. The van der Waals surface area contributed by atoms with Gasteiger partial charge in [0.1, 0.15) is 48.5 Å². The van der Waals surface area contributed by atoms with Gasteiger partial charge in [0.05, 0.1) is 25.9 Å². The van der Waals surface area contributed by atoms with Crippen molar-refractivity contribution in [3.8, 4) is 0 Å². The van der Waals surface area contributed by atoms with Crippen molar-refractivity contribution in [3.05, 3.63) is 29.3 Å². The summed E-state index contributed by atoms with van der Waals surface area (Å²) in [5.74, 6) is -0.342. The number of nitrogens with one attached hydrogen (secondary N) is 2. The number of fused-ring (bicyclic) bond motifs is 2. The first kappa shape index (κ1) is 40.5. The van der Waals surface area contributed by atoms with E-state index in [1.807, 2.05) is 0 Å². The van der Waals surface area contributed by atoms with Crippen LogP contribution >= 0.6 is 31.1 Å². The van der Waals surface area contributed by atoms with Crippen molar-refractivity contribution in [1.82, 2.24) is 43.9 Å². The van der Waals surface area contributed by atoms with Crippen molar-refractivity contribution in [3.63, 3.8) is 0 Å². The maximum atomic E-state index is 12.5. The van der Waals surface area contributed by atoms with E-state index in [0.717, 1.165) is 33.0 Å². The molecule has 6 rings (SSSR count). The van der Waals surface area contributed by atoms with Crippen LogP contribution in [-0.2, 0) is 45.4 Å². The number of aliphatic hydroxyl groups excluding tert-OH is 4. The number of rotatable bonds is 14. The number of aromatic nitrogens is 8. The van der Waals surface area contributed by atoms with Gasteiger partial charge in [-0.3, -0.25) is 28.0 Å². The van der Waals surface area contributed by atoms with Crippen LogP contribution in [0.2, 0.25) is 0 Å². The zero-order valence-corrected chi connectivity index (χ0v) is 30.0. The van der Waals surface area contributed by atoms with Crippen molar-refractivity contribution >= 4 is 65.2 Å². The zero-order chi connectivity index (χ0) is 39.5. The summed E-state index contributed by atoms with van der Waals surface area (Å²) in [5, 5.41) is 41.8. The minimum atomic E-state index is -5.97. The highest BCUT2D eigenvalue weighted by Crippen LogP contribution is 2.66. The molecule has 2 fully saturated rings. The van der Waals surface area contributed by atoms with Gasteiger partial charge in [-0.2, -0.15) is 13.6 Å². The third-order valence-electron chi connectivity index (χ3n) is 7.54. The van der Waals surface area contributed by atoms with Gasteiger partial charge in [0.25, 0.3) is 5.56 Å². The lowest BCUT2D eigenvalue weighted by Crippen LogP contribution is -2.33. The number of nitrogen functional groups attached to an aromatic ring is 2. The number of aromatic amines is 1. The molecular weight excluding hydrogens is 822 g/mol. The highest BCUT2D eigenvalue weighted by Gasteiger charge is 2.49. The van der Waals surface area contributed by atoms with E-state index in [1.54, 1.807) is 0 Å². The van der Waals surface area contributed by atoms with Crippen molar-refractivity contribution < 1.29 is 85.4 Å². The molecule has 4 unspecified atom stereocenters. The smallest absolute Gasteiger partial charge is 0.387 e. The van der Waals surface area contributed by atoms with Crippen LogP contribution in [0.25, 0.3) is 22.3 Å². The standard InChI is InChI=1S/C20H29N11O19P4/c21-14-8-15(24-3-23-14)30(4-25-8)18-12(34)10(32)6(47-18)1-45-53(41,42)49-51(37,38)29-52(39,40)50-54(43,44)46-2-7-11(33)13(35)19(48-7)31-5-26-9-16(31)27-20(22)28-17(9)36/h3-7,10-13,18-19,32-35H,1-2H2,(H,41,42)(H,43,44)(H2,21,23,24)(H3,22,27,28,36)(H3,29,37,38,39,40)/t6-,7-,10-,11-,12-,13-,18-,19-/m1/s1. The van der Waals surface area contributed by atoms with Crippen LogP contribution in [0.3, 0.4) is 0 Å². The van der Waals surface area contributed by atoms with E-state index in [9.17, 15) is 63.1 Å². The van der Waals surface area contributed by atoms with E-state index >= 15 is 0 Å². The number of H-pyrrole nitrogens is 1. The first-order chi connectivity index (χ1) is 25.1. The molecule has 0 spiro atoms. The lowest BCUT2D eigenvalue weighted by molar-refractivity contribution is -0.0502. The maximum Gasteiger partial charge on any atom is 0.480 e. The Kier molecular flexibility index (Phi) is 11.0. The molecule has 0 bridgehead atoms. The highest BCUT2D eigenvalue weighted by molar-refractivity contribution is 7.73. The van der Waals surface area contributed by atoms with Gasteiger partial charge >= 0.3 is 31.1 Å². The van der Waals surface area contributed by atoms with E-state index in [0.29, 0.717) is 0 Å². The Morgan fingerprint density at radius 3 is 1.74 bits per heavy atom. The molecule has 0 amide bonds. The number of phosphoric acid groups is 2. The van der Waals surface area contributed by atoms with Gasteiger partial charge in [-0.25, -0.2) is 38.2 Å². The van der Waals surface area contributed by atoms with E-state index in [4.69, 9.17) is 20.9 Å². The summed E-state index contributed by atoms with van der Waals surface area (Å²) in [6.07, 6.45) is -10.1. The number of hydrogen-bond acceptors (Lipinski definition) is 22. The molecule has 2 aliphatic heterocycles. The number of ether oxygens (including phenoxy) is 2. The third kappa shape index (κ3) is 8.47. The van der Waals surface area contributed by atoms with Crippen LogP contribution in [-0.4, -0.2) is 129 Å². The number of nitrogens with zero attached hydrogens (tertiary/aromatic N) is 7. The lowest BCUT2D eigenvalue weighted by Gasteiger charge is -2.22. The number of phosphoric ester groups is 2. The summed E-state index contributed by atoms with van der Waals surface area (Å²) in [6.45, 7) is -2.23. The predicted molar refractivity (Wildman–Crippen MR) is 171 cm³/mol. The van der Waals surface area contributed by atoms with Crippen molar-refractivity contribution in [1.29, 1.82) is 0 Å².